The van der Waals surface area contributed by atoms with Crippen LogP contribution in [0, 0.1) is 11.6 Å². The zero-order valence-electron chi connectivity index (χ0n) is 18.9. The normalized spacial score (nSPS) is 17.9. The molecule has 3 aromatic heterocycles. The van der Waals surface area contributed by atoms with Crippen LogP contribution in [0.4, 0.5) is 20.5 Å². The van der Waals surface area contributed by atoms with E-state index >= 15 is 0 Å². The number of nitrogens with one attached hydrogen (secondary N) is 1. The molecule has 0 bridgehead atoms. The van der Waals surface area contributed by atoms with Crippen molar-refractivity contribution in [1.29, 1.82) is 0 Å². The van der Waals surface area contributed by atoms with Gasteiger partial charge in [0.2, 0.25) is 5.95 Å². The molecule has 1 aliphatic heterocycles. The molecule has 5 aromatic rings. The molecule has 182 valence electrons. The van der Waals surface area contributed by atoms with Gasteiger partial charge < -0.3 is 15.6 Å². The summed E-state index contributed by atoms with van der Waals surface area (Å²) in [5.74, 6) is -0.787. The fourth-order valence-corrected chi connectivity index (χ4v) is 5.21. The zero-order chi connectivity index (χ0) is 25.1. The molecule has 2 aromatic carbocycles. The summed E-state index contributed by atoms with van der Waals surface area (Å²) in [7, 11) is 0. The van der Waals surface area contributed by atoms with Gasteiger partial charge in [-0.3, -0.25) is 9.36 Å². The molecule has 6 rings (SSSR count). The highest BCUT2D eigenvalue weighted by molar-refractivity contribution is 6.35. The molecule has 0 spiro atoms. The van der Waals surface area contributed by atoms with Gasteiger partial charge in [0.1, 0.15) is 23.0 Å². The van der Waals surface area contributed by atoms with Crippen LogP contribution in [0.25, 0.3) is 27.8 Å². The van der Waals surface area contributed by atoms with E-state index in [9.17, 15) is 13.6 Å². The molecule has 0 saturated carbocycles. The smallest absolute Gasteiger partial charge is 0.267 e. The second-order valence-electron chi connectivity index (χ2n) is 8.73. The standard InChI is InChI=1S/C24H19ClF2N8O/c1-11-5-6-17(34(11)22-19-20(30-10-29-19)32-24(28)33-22)21-31-16-4-2-3-15(25)18(16)23(36)35(21)14-8-12(26)7-13(27)9-14/h2-4,7-11,17H,5-6H2,1H3,(H3,28,29,30,32,33)/t11-,17-/m0/s1. The lowest BCUT2D eigenvalue weighted by molar-refractivity contribution is 0.576. The van der Waals surface area contributed by atoms with E-state index in [0.29, 0.717) is 34.7 Å². The predicted octanol–water partition coefficient (Wildman–Crippen LogP) is 4.30. The number of anilines is 2. The number of benzene rings is 2. The van der Waals surface area contributed by atoms with Gasteiger partial charge in [-0.05, 0) is 44.0 Å². The monoisotopic (exact) mass is 508 g/mol. The molecule has 2 atom stereocenters. The lowest BCUT2D eigenvalue weighted by Gasteiger charge is -2.31. The quantitative estimate of drug-likeness (QED) is 0.373. The third-order valence-corrected chi connectivity index (χ3v) is 6.79. The molecule has 0 radical (unpaired) electrons. The second-order valence-corrected chi connectivity index (χ2v) is 9.14. The van der Waals surface area contributed by atoms with Crippen molar-refractivity contribution in [2.24, 2.45) is 0 Å². The minimum absolute atomic E-state index is 0.00946. The van der Waals surface area contributed by atoms with Gasteiger partial charge in [0.15, 0.2) is 11.5 Å². The van der Waals surface area contributed by atoms with Crippen LogP contribution in [0.1, 0.15) is 31.6 Å². The molecule has 3 N–H and O–H groups in total. The molecule has 1 aliphatic rings. The van der Waals surface area contributed by atoms with Crippen molar-refractivity contribution in [1.82, 2.24) is 29.5 Å². The van der Waals surface area contributed by atoms with Crippen molar-refractivity contribution < 1.29 is 8.78 Å². The molecule has 0 aliphatic carbocycles. The second kappa shape index (κ2) is 8.23. The number of aromatic nitrogens is 6. The average Bonchev–Trinajstić information content (AvgIpc) is 3.44. The number of nitrogen functional groups attached to an aromatic ring is 1. The Bertz CT molecular complexity index is 1700. The summed E-state index contributed by atoms with van der Waals surface area (Å²) in [4.78, 5) is 36.5. The summed E-state index contributed by atoms with van der Waals surface area (Å²) in [6, 6.07) is 7.38. The Morgan fingerprint density at radius 1 is 1.11 bits per heavy atom. The van der Waals surface area contributed by atoms with Gasteiger partial charge in [0.25, 0.3) is 5.56 Å². The summed E-state index contributed by atoms with van der Waals surface area (Å²) in [6.45, 7) is 2.02. The molecule has 0 amide bonds. The van der Waals surface area contributed by atoms with E-state index < -0.39 is 23.2 Å². The van der Waals surface area contributed by atoms with Gasteiger partial charge in [0, 0.05) is 12.1 Å². The first-order valence-corrected chi connectivity index (χ1v) is 11.6. The lowest BCUT2D eigenvalue weighted by atomic mass is 10.1. The van der Waals surface area contributed by atoms with E-state index in [-0.39, 0.29) is 28.1 Å². The number of nitrogens with zero attached hydrogens (tertiary/aromatic N) is 6. The maximum Gasteiger partial charge on any atom is 0.267 e. The number of fused-ring (bicyclic) bond motifs is 2. The summed E-state index contributed by atoms with van der Waals surface area (Å²) in [6.07, 6.45) is 2.84. The van der Waals surface area contributed by atoms with Gasteiger partial charge in [-0.2, -0.15) is 9.97 Å². The van der Waals surface area contributed by atoms with Crippen LogP contribution in [0.5, 0.6) is 0 Å². The van der Waals surface area contributed by atoms with Crippen molar-refractivity contribution in [3.8, 4) is 5.69 Å². The third-order valence-electron chi connectivity index (χ3n) is 6.47. The molecular weight excluding hydrogens is 490 g/mol. The Kier molecular flexibility index (Phi) is 5.11. The first-order chi connectivity index (χ1) is 17.3. The van der Waals surface area contributed by atoms with Crippen molar-refractivity contribution >= 4 is 45.4 Å². The Hall–Kier alpha value is -4.12. The van der Waals surface area contributed by atoms with E-state index in [1.807, 2.05) is 11.8 Å². The fraction of sp³-hybridized carbons (Fsp3) is 0.208. The van der Waals surface area contributed by atoms with E-state index in [2.05, 4.69) is 19.9 Å². The molecule has 0 unspecified atom stereocenters. The number of imidazole rings is 1. The SMILES string of the molecule is C[C@H]1CC[C@@H](c2nc3cccc(Cl)c3c(=O)n2-c2cc(F)cc(F)c2)N1c1nc(N)nc2nc[nH]c12. The summed E-state index contributed by atoms with van der Waals surface area (Å²) >= 11 is 6.36. The van der Waals surface area contributed by atoms with Crippen molar-refractivity contribution in [3.05, 3.63) is 75.6 Å². The Labute approximate surface area is 207 Å². The van der Waals surface area contributed by atoms with Gasteiger partial charge in [-0.1, -0.05) is 17.7 Å². The number of aromatic amines is 1. The highest BCUT2D eigenvalue weighted by Gasteiger charge is 2.38. The lowest BCUT2D eigenvalue weighted by Crippen LogP contribution is -2.35. The number of halogens is 3. The minimum atomic E-state index is -0.818. The van der Waals surface area contributed by atoms with E-state index in [4.69, 9.17) is 22.3 Å². The third kappa shape index (κ3) is 3.46. The number of H-pyrrole nitrogens is 1. The number of hydrogen-bond donors (Lipinski definition) is 2. The van der Waals surface area contributed by atoms with Crippen molar-refractivity contribution in [2.45, 2.75) is 31.8 Å². The molecule has 12 heteroatoms. The highest BCUT2D eigenvalue weighted by atomic mass is 35.5. The minimum Gasteiger partial charge on any atom is -0.368 e. The van der Waals surface area contributed by atoms with Crippen LogP contribution in [-0.2, 0) is 0 Å². The van der Waals surface area contributed by atoms with Gasteiger partial charge >= 0.3 is 0 Å². The van der Waals surface area contributed by atoms with Gasteiger partial charge in [0.05, 0.1) is 34.0 Å². The molecule has 1 saturated heterocycles. The van der Waals surface area contributed by atoms with E-state index in [1.54, 1.807) is 18.2 Å². The Morgan fingerprint density at radius 3 is 2.67 bits per heavy atom. The summed E-state index contributed by atoms with van der Waals surface area (Å²) in [5, 5.41) is 0.356. The number of nitrogens with two attached hydrogens (primary N) is 1. The van der Waals surface area contributed by atoms with Crippen LogP contribution < -0.4 is 16.2 Å². The van der Waals surface area contributed by atoms with Crippen LogP contribution in [-0.4, -0.2) is 35.5 Å². The number of hydrogen-bond acceptors (Lipinski definition) is 7. The number of rotatable bonds is 3. The molecule has 9 nitrogen and oxygen atoms in total. The Balaban J connectivity index is 1.65. The van der Waals surface area contributed by atoms with Gasteiger partial charge in [-0.15, -0.1) is 0 Å². The maximum atomic E-state index is 14.3. The van der Waals surface area contributed by atoms with Crippen LogP contribution in [0.2, 0.25) is 5.02 Å². The average molecular weight is 509 g/mol. The van der Waals surface area contributed by atoms with Gasteiger partial charge in [-0.25, -0.2) is 18.7 Å². The van der Waals surface area contributed by atoms with Crippen LogP contribution >= 0.6 is 11.6 Å². The molecule has 1 fully saturated rings. The predicted molar refractivity (Wildman–Crippen MR) is 132 cm³/mol. The zero-order valence-corrected chi connectivity index (χ0v) is 19.7. The van der Waals surface area contributed by atoms with Crippen molar-refractivity contribution in [2.75, 3.05) is 10.6 Å². The molecular formula is C24H19ClF2N8O. The molecule has 4 heterocycles. The summed E-state index contributed by atoms with van der Waals surface area (Å²) in [5.41, 5.74) is 6.82. The van der Waals surface area contributed by atoms with Crippen LogP contribution in [0.3, 0.4) is 0 Å². The summed E-state index contributed by atoms with van der Waals surface area (Å²) < 4.78 is 29.8. The van der Waals surface area contributed by atoms with Crippen LogP contribution in [0.15, 0.2) is 47.5 Å². The highest BCUT2D eigenvalue weighted by Crippen LogP contribution is 2.41. The van der Waals surface area contributed by atoms with E-state index in [1.165, 1.54) is 10.9 Å². The molecule has 36 heavy (non-hydrogen) atoms. The fourth-order valence-electron chi connectivity index (χ4n) is 4.96. The largest absolute Gasteiger partial charge is 0.368 e. The first-order valence-electron chi connectivity index (χ1n) is 11.2. The van der Waals surface area contributed by atoms with Crippen molar-refractivity contribution in [3.63, 3.8) is 0 Å². The maximum absolute atomic E-state index is 14.3. The Morgan fingerprint density at radius 2 is 1.89 bits per heavy atom. The topological polar surface area (TPSA) is 119 Å². The first kappa shape index (κ1) is 22.4. The van der Waals surface area contributed by atoms with E-state index in [0.717, 1.165) is 24.6 Å².